The standard InChI is InChI=1S/C12H13ClN2O3/c13-8-2-3-9(14-7-8)11(18)15-12(4-1-5-12)6-10(16)17/h2-3,7H,1,4-6H2,(H,15,18)(H,16,17). The van der Waals surface area contributed by atoms with E-state index in [-0.39, 0.29) is 18.0 Å². The summed E-state index contributed by atoms with van der Waals surface area (Å²) in [7, 11) is 0. The molecule has 1 aromatic rings. The first kappa shape index (κ1) is 12.8. The van der Waals surface area contributed by atoms with E-state index in [0.717, 1.165) is 6.42 Å². The number of carboxylic acid groups (broad SMARTS) is 1. The van der Waals surface area contributed by atoms with E-state index in [9.17, 15) is 9.59 Å². The molecule has 1 fully saturated rings. The molecule has 0 bridgehead atoms. The fourth-order valence-corrected chi connectivity index (χ4v) is 2.17. The van der Waals surface area contributed by atoms with Gasteiger partial charge in [0.05, 0.1) is 17.0 Å². The molecule has 2 rings (SSSR count). The lowest BCUT2D eigenvalue weighted by Gasteiger charge is -2.41. The maximum absolute atomic E-state index is 11.9. The number of aromatic nitrogens is 1. The van der Waals surface area contributed by atoms with Crippen LogP contribution in [0.5, 0.6) is 0 Å². The second-order valence-electron chi connectivity index (χ2n) is 4.52. The lowest BCUT2D eigenvalue weighted by Crippen LogP contribution is -2.54. The minimum absolute atomic E-state index is 0.0493. The summed E-state index contributed by atoms with van der Waals surface area (Å²) in [5.41, 5.74) is -0.361. The van der Waals surface area contributed by atoms with Gasteiger partial charge in [-0.3, -0.25) is 9.59 Å². The van der Waals surface area contributed by atoms with Crippen LogP contribution in [0, 0.1) is 0 Å². The van der Waals surface area contributed by atoms with Gasteiger partial charge in [-0.15, -0.1) is 0 Å². The van der Waals surface area contributed by atoms with Crippen molar-refractivity contribution in [2.75, 3.05) is 0 Å². The van der Waals surface area contributed by atoms with Crippen LogP contribution >= 0.6 is 11.6 Å². The van der Waals surface area contributed by atoms with Gasteiger partial charge in [-0.25, -0.2) is 4.98 Å². The minimum atomic E-state index is -0.904. The molecule has 1 heterocycles. The quantitative estimate of drug-likeness (QED) is 0.874. The van der Waals surface area contributed by atoms with Crippen molar-refractivity contribution >= 4 is 23.5 Å². The van der Waals surface area contributed by atoms with E-state index in [1.54, 1.807) is 6.07 Å². The van der Waals surface area contributed by atoms with Crippen molar-refractivity contribution < 1.29 is 14.7 Å². The molecule has 0 spiro atoms. The highest BCUT2D eigenvalue weighted by Gasteiger charge is 2.40. The predicted octanol–water partition coefficient (Wildman–Crippen LogP) is 1.86. The normalized spacial score (nSPS) is 16.7. The number of halogens is 1. The number of amides is 1. The van der Waals surface area contributed by atoms with Gasteiger partial charge in [0.25, 0.3) is 5.91 Å². The summed E-state index contributed by atoms with van der Waals surface area (Å²) in [6.45, 7) is 0. The number of aliphatic carboxylic acids is 1. The highest BCUT2D eigenvalue weighted by atomic mass is 35.5. The molecule has 96 valence electrons. The molecule has 1 aliphatic carbocycles. The Morgan fingerprint density at radius 3 is 2.61 bits per heavy atom. The molecule has 1 aliphatic rings. The topological polar surface area (TPSA) is 79.3 Å². The average Bonchev–Trinajstić information content (AvgIpc) is 2.26. The molecule has 0 aromatic carbocycles. The van der Waals surface area contributed by atoms with Gasteiger partial charge in [-0.05, 0) is 31.4 Å². The van der Waals surface area contributed by atoms with E-state index >= 15 is 0 Å². The van der Waals surface area contributed by atoms with Crippen LogP contribution in [-0.4, -0.2) is 27.5 Å². The van der Waals surface area contributed by atoms with Crippen molar-refractivity contribution in [3.05, 3.63) is 29.0 Å². The van der Waals surface area contributed by atoms with Gasteiger partial charge < -0.3 is 10.4 Å². The summed E-state index contributed by atoms with van der Waals surface area (Å²) in [6, 6.07) is 3.10. The van der Waals surface area contributed by atoms with Crippen LogP contribution in [0.3, 0.4) is 0 Å². The van der Waals surface area contributed by atoms with E-state index in [0.29, 0.717) is 17.9 Å². The van der Waals surface area contributed by atoms with E-state index < -0.39 is 11.5 Å². The number of carbonyl (C=O) groups excluding carboxylic acids is 1. The monoisotopic (exact) mass is 268 g/mol. The van der Waals surface area contributed by atoms with Crippen molar-refractivity contribution in [2.24, 2.45) is 0 Å². The largest absolute Gasteiger partial charge is 0.481 e. The molecule has 0 radical (unpaired) electrons. The van der Waals surface area contributed by atoms with Gasteiger partial charge in [0.15, 0.2) is 0 Å². The number of hydrogen-bond donors (Lipinski definition) is 2. The third kappa shape index (κ3) is 2.79. The maximum Gasteiger partial charge on any atom is 0.305 e. The van der Waals surface area contributed by atoms with Crippen molar-refractivity contribution in [2.45, 2.75) is 31.2 Å². The van der Waals surface area contributed by atoms with Gasteiger partial charge in [0.2, 0.25) is 0 Å². The van der Waals surface area contributed by atoms with Crippen LogP contribution in [-0.2, 0) is 4.79 Å². The van der Waals surface area contributed by atoms with Crippen LogP contribution in [0.2, 0.25) is 5.02 Å². The fraction of sp³-hybridized carbons (Fsp3) is 0.417. The molecule has 18 heavy (non-hydrogen) atoms. The van der Waals surface area contributed by atoms with Crippen molar-refractivity contribution in [1.82, 2.24) is 10.3 Å². The van der Waals surface area contributed by atoms with Crippen molar-refractivity contribution in [3.8, 4) is 0 Å². The summed E-state index contributed by atoms with van der Waals surface area (Å²) in [5, 5.41) is 12.1. The lowest BCUT2D eigenvalue weighted by molar-refractivity contribution is -0.139. The van der Waals surface area contributed by atoms with Crippen LogP contribution in [0.15, 0.2) is 18.3 Å². The Kier molecular flexibility index (Phi) is 3.52. The number of rotatable bonds is 4. The molecule has 1 amide bonds. The summed E-state index contributed by atoms with van der Waals surface area (Å²) in [4.78, 5) is 26.6. The Balaban J connectivity index is 2.06. The van der Waals surface area contributed by atoms with Crippen molar-refractivity contribution in [1.29, 1.82) is 0 Å². The first-order chi connectivity index (χ1) is 8.51. The van der Waals surface area contributed by atoms with Gasteiger partial charge in [-0.1, -0.05) is 11.6 Å². The Morgan fingerprint density at radius 2 is 2.17 bits per heavy atom. The third-order valence-corrected chi connectivity index (χ3v) is 3.36. The molecule has 0 atom stereocenters. The molecule has 5 nitrogen and oxygen atoms in total. The third-order valence-electron chi connectivity index (χ3n) is 3.14. The maximum atomic E-state index is 11.9. The predicted molar refractivity (Wildman–Crippen MR) is 65.5 cm³/mol. The summed E-state index contributed by atoms with van der Waals surface area (Å²) >= 11 is 5.68. The summed E-state index contributed by atoms with van der Waals surface area (Å²) in [5.74, 6) is -1.26. The highest BCUT2D eigenvalue weighted by Crippen LogP contribution is 2.35. The van der Waals surface area contributed by atoms with E-state index in [2.05, 4.69) is 10.3 Å². The first-order valence-corrected chi connectivity index (χ1v) is 6.04. The zero-order chi connectivity index (χ0) is 13.2. The summed E-state index contributed by atoms with van der Waals surface area (Å²) in [6.07, 6.45) is 3.66. The molecule has 6 heteroatoms. The van der Waals surface area contributed by atoms with Crippen LogP contribution in [0.1, 0.15) is 36.2 Å². The molecule has 0 aliphatic heterocycles. The van der Waals surface area contributed by atoms with Crippen molar-refractivity contribution in [3.63, 3.8) is 0 Å². The molecule has 0 saturated heterocycles. The van der Waals surface area contributed by atoms with E-state index in [4.69, 9.17) is 16.7 Å². The van der Waals surface area contributed by atoms with E-state index in [1.807, 2.05) is 0 Å². The number of hydrogen-bond acceptors (Lipinski definition) is 3. The zero-order valence-electron chi connectivity index (χ0n) is 9.65. The zero-order valence-corrected chi connectivity index (χ0v) is 10.4. The van der Waals surface area contributed by atoms with Crippen LogP contribution in [0.4, 0.5) is 0 Å². The summed E-state index contributed by atoms with van der Waals surface area (Å²) < 4.78 is 0. The Labute approximate surface area is 109 Å². The molecule has 1 aromatic heterocycles. The number of carbonyl (C=O) groups is 2. The Hall–Kier alpha value is -1.62. The van der Waals surface area contributed by atoms with Crippen LogP contribution < -0.4 is 5.32 Å². The smallest absolute Gasteiger partial charge is 0.305 e. The van der Waals surface area contributed by atoms with Gasteiger partial charge in [-0.2, -0.15) is 0 Å². The average molecular weight is 269 g/mol. The highest BCUT2D eigenvalue weighted by molar-refractivity contribution is 6.30. The lowest BCUT2D eigenvalue weighted by atomic mass is 9.74. The Bertz CT molecular complexity index is 469. The number of pyridine rings is 1. The molecule has 2 N–H and O–H groups in total. The number of nitrogens with one attached hydrogen (secondary N) is 1. The first-order valence-electron chi connectivity index (χ1n) is 5.67. The van der Waals surface area contributed by atoms with E-state index in [1.165, 1.54) is 12.3 Å². The second-order valence-corrected chi connectivity index (χ2v) is 4.96. The fourth-order valence-electron chi connectivity index (χ4n) is 2.05. The van der Waals surface area contributed by atoms with Gasteiger partial charge in [0.1, 0.15) is 5.69 Å². The molecule has 0 unspecified atom stereocenters. The number of carboxylic acids is 1. The van der Waals surface area contributed by atoms with Gasteiger partial charge in [0, 0.05) is 6.20 Å². The second kappa shape index (κ2) is 4.94. The molecule has 1 saturated carbocycles. The Morgan fingerprint density at radius 1 is 1.44 bits per heavy atom. The minimum Gasteiger partial charge on any atom is -0.481 e. The van der Waals surface area contributed by atoms with Crippen LogP contribution in [0.25, 0.3) is 0 Å². The molecular weight excluding hydrogens is 256 g/mol. The van der Waals surface area contributed by atoms with Gasteiger partial charge >= 0.3 is 5.97 Å². The molecular formula is C12H13ClN2O3. The SMILES string of the molecule is O=C(O)CC1(NC(=O)c2ccc(Cl)cn2)CCC1. The number of nitrogens with zero attached hydrogens (tertiary/aromatic N) is 1.